The maximum absolute atomic E-state index is 5.87. The molecule has 1 fully saturated rings. The second kappa shape index (κ2) is 4.41. The van der Waals surface area contributed by atoms with Crippen LogP contribution in [0.1, 0.15) is 31.7 Å². The van der Waals surface area contributed by atoms with Crippen LogP contribution in [0.15, 0.2) is 6.20 Å². The van der Waals surface area contributed by atoms with E-state index in [1.807, 2.05) is 10.9 Å². The fourth-order valence-electron chi connectivity index (χ4n) is 2.12. The lowest BCUT2D eigenvalue weighted by molar-refractivity contribution is 0.0568. The fourth-order valence-corrected chi connectivity index (χ4v) is 2.25. The average molecular weight is 230 g/mol. The van der Waals surface area contributed by atoms with Crippen molar-refractivity contribution < 1.29 is 4.74 Å². The van der Waals surface area contributed by atoms with Crippen molar-refractivity contribution in [2.45, 2.75) is 37.8 Å². The zero-order valence-electron chi connectivity index (χ0n) is 8.82. The van der Waals surface area contributed by atoms with Crippen molar-refractivity contribution in [3.63, 3.8) is 0 Å². The van der Waals surface area contributed by atoms with E-state index in [0.717, 1.165) is 25.7 Å². The van der Waals surface area contributed by atoms with E-state index in [0.29, 0.717) is 23.0 Å². The summed E-state index contributed by atoms with van der Waals surface area (Å²) in [5.74, 6) is 0.422. The highest BCUT2D eigenvalue weighted by atomic mass is 35.5. The zero-order chi connectivity index (χ0) is 10.8. The summed E-state index contributed by atoms with van der Waals surface area (Å²) in [5, 5.41) is 4.75. The van der Waals surface area contributed by atoms with Gasteiger partial charge < -0.3 is 10.5 Å². The van der Waals surface area contributed by atoms with Crippen molar-refractivity contribution in [2.75, 3.05) is 12.8 Å². The van der Waals surface area contributed by atoms with Crippen molar-refractivity contribution in [3.05, 3.63) is 11.2 Å². The Labute approximate surface area is 94.3 Å². The van der Waals surface area contributed by atoms with Crippen molar-refractivity contribution in [1.82, 2.24) is 9.78 Å². The second-order valence-corrected chi connectivity index (χ2v) is 4.42. The summed E-state index contributed by atoms with van der Waals surface area (Å²) in [6.45, 7) is 0. The predicted molar refractivity (Wildman–Crippen MR) is 60.0 cm³/mol. The molecule has 2 rings (SSSR count). The van der Waals surface area contributed by atoms with E-state index in [9.17, 15) is 0 Å². The lowest BCUT2D eigenvalue weighted by atomic mass is 9.93. The highest BCUT2D eigenvalue weighted by Crippen LogP contribution is 2.31. The number of nitrogen functional groups attached to an aromatic ring is 1. The Kier molecular flexibility index (Phi) is 3.17. The Bertz CT molecular complexity index is 312. The molecular formula is C10H16ClN3O. The lowest BCUT2D eigenvalue weighted by Crippen LogP contribution is -2.23. The first-order valence-electron chi connectivity index (χ1n) is 5.23. The number of ether oxygens (including phenoxy) is 1. The van der Waals surface area contributed by atoms with E-state index in [4.69, 9.17) is 22.1 Å². The highest BCUT2D eigenvalue weighted by molar-refractivity contribution is 6.32. The molecule has 84 valence electrons. The second-order valence-electron chi connectivity index (χ2n) is 4.01. The Morgan fingerprint density at radius 3 is 2.60 bits per heavy atom. The number of rotatable bonds is 2. The minimum Gasteiger partial charge on any atom is -0.381 e. The molecule has 0 unspecified atom stereocenters. The molecule has 0 spiro atoms. The molecule has 5 heteroatoms. The molecule has 4 nitrogen and oxygen atoms in total. The van der Waals surface area contributed by atoms with Gasteiger partial charge in [-0.2, -0.15) is 5.10 Å². The van der Waals surface area contributed by atoms with Gasteiger partial charge in [0.2, 0.25) is 0 Å². The first-order valence-corrected chi connectivity index (χ1v) is 5.61. The number of hydrogen-bond acceptors (Lipinski definition) is 3. The van der Waals surface area contributed by atoms with Gasteiger partial charge >= 0.3 is 0 Å². The van der Waals surface area contributed by atoms with Crippen LogP contribution in [0.25, 0.3) is 0 Å². The summed E-state index contributed by atoms with van der Waals surface area (Å²) in [6.07, 6.45) is 6.54. The Morgan fingerprint density at radius 1 is 1.47 bits per heavy atom. The van der Waals surface area contributed by atoms with Gasteiger partial charge in [-0.25, -0.2) is 0 Å². The highest BCUT2D eigenvalue weighted by Gasteiger charge is 2.23. The normalized spacial score (nSPS) is 26.8. The zero-order valence-corrected chi connectivity index (χ0v) is 9.57. The van der Waals surface area contributed by atoms with Crippen LogP contribution in [0.2, 0.25) is 5.02 Å². The van der Waals surface area contributed by atoms with Crippen LogP contribution >= 0.6 is 11.6 Å². The van der Waals surface area contributed by atoms with Gasteiger partial charge in [0.25, 0.3) is 0 Å². The number of methoxy groups -OCH3 is 1. The molecule has 0 radical (unpaired) electrons. The molecule has 0 aliphatic heterocycles. The lowest BCUT2D eigenvalue weighted by Gasteiger charge is -2.27. The number of nitrogens with zero attached hydrogens (tertiary/aromatic N) is 2. The monoisotopic (exact) mass is 229 g/mol. The van der Waals surface area contributed by atoms with Crippen LogP contribution in [0.4, 0.5) is 5.82 Å². The third kappa shape index (κ3) is 2.26. The molecule has 1 aromatic heterocycles. The van der Waals surface area contributed by atoms with E-state index >= 15 is 0 Å². The Hall–Kier alpha value is -0.740. The Morgan fingerprint density at radius 2 is 2.13 bits per heavy atom. The van der Waals surface area contributed by atoms with E-state index in [1.165, 1.54) is 0 Å². The third-order valence-electron chi connectivity index (χ3n) is 3.06. The van der Waals surface area contributed by atoms with Gasteiger partial charge in [-0.1, -0.05) is 11.6 Å². The van der Waals surface area contributed by atoms with E-state index < -0.39 is 0 Å². The van der Waals surface area contributed by atoms with Gasteiger partial charge in [0.05, 0.1) is 12.1 Å². The van der Waals surface area contributed by atoms with E-state index in [1.54, 1.807) is 7.11 Å². The molecule has 0 amide bonds. The minimum atomic E-state index is 0.407. The molecule has 1 aliphatic carbocycles. The number of nitrogens with two attached hydrogens (primary N) is 1. The summed E-state index contributed by atoms with van der Waals surface area (Å²) in [4.78, 5) is 0. The first kappa shape index (κ1) is 10.8. The summed E-state index contributed by atoms with van der Waals surface area (Å²) in [5.41, 5.74) is 5.61. The minimum absolute atomic E-state index is 0.407. The topological polar surface area (TPSA) is 53.1 Å². The van der Waals surface area contributed by atoms with Crippen LogP contribution in [-0.2, 0) is 4.74 Å². The van der Waals surface area contributed by atoms with Gasteiger partial charge in [0, 0.05) is 13.3 Å². The number of halogens is 1. The van der Waals surface area contributed by atoms with Crippen LogP contribution in [0.3, 0.4) is 0 Å². The molecule has 1 heterocycles. The predicted octanol–water partition coefficient (Wildman–Crippen LogP) is 2.25. The van der Waals surface area contributed by atoms with Gasteiger partial charge in [-0.05, 0) is 25.7 Å². The van der Waals surface area contributed by atoms with Crippen molar-refractivity contribution >= 4 is 17.4 Å². The molecule has 0 atom stereocenters. The maximum atomic E-state index is 5.87. The SMILES string of the molecule is COC1CCC(n2cc(Cl)c(N)n2)CC1. The molecule has 15 heavy (non-hydrogen) atoms. The van der Waals surface area contributed by atoms with E-state index in [-0.39, 0.29) is 0 Å². The van der Waals surface area contributed by atoms with Crippen LogP contribution in [0.5, 0.6) is 0 Å². The quantitative estimate of drug-likeness (QED) is 0.846. The molecule has 1 aliphatic rings. The molecular weight excluding hydrogens is 214 g/mol. The molecule has 0 bridgehead atoms. The molecule has 2 N–H and O–H groups in total. The molecule has 1 aromatic rings. The summed E-state index contributed by atoms with van der Waals surface area (Å²) in [7, 11) is 1.77. The molecule has 1 saturated carbocycles. The fraction of sp³-hybridized carbons (Fsp3) is 0.700. The van der Waals surface area contributed by atoms with Crippen molar-refractivity contribution in [2.24, 2.45) is 0 Å². The van der Waals surface area contributed by atoms with E-state index in [2.05, 4.69) is 5.10 Å². The summed E-state index contributed by atoms with van der Waals surface area (Å²) >= 11 is 5.87. The molecule has 0 aromatic carbocycles. The van der Waals surface area contributed by atoms with Crippen LogP contribution < -0.4 is 5.73 Å². The van der Waals surface area contributed by atoms with Gasteiger partial charge in [0.1, 0.15) is 5.02 Å². The third-order valence-corrected chi connectivity index (χ3v) is 3.36. The molecule has 0 saturated heterocycles. The number of aromatic nitrogens is 2. The maximum Gasteiger partial charge on any atom is 0.164 e. The average Bonchev–Trinajstić information content (AvgIpc) is 2.59. The van der Waals surface area contributed by atoms with Gasteiger partial charge in [-0.15, -0.1) is 0 Å². The first-order chi connectivity index (χ1) is 7.20. The van der Waals surface area contributed by atoms with Gasteiger partial charge in [-0.3, -0.25) is 4.68 Å². The Balaban J connectivity index is 2.01. The smallest absolute Gasteiger partial charge is 0.164 e. The number of anilines is 1. The summed E-state index contributed by atoms with van der Waals surface area (Å²) < 4.78 is 7.22. The largest absolute Gasteiger partial charge is 0.381 e. The van der Waals surface area contributed by atoms with Gasteiger partial charge in [0.15, 0.2) is 5.82 Å². The van der Waals surface area contributed by atoms with Crippen LogP contribution in [0, 0.1) is 0 Å². The summed E-state index contributed by atoms with van der Waals surface area (Å²) in [6, 6.07) is 0.422. The van der Waals surface area contributed by atoms with Crippen molar-refractivity contribution in [3.8, 4) is 0 Å². The van der Waals surface area contributed by atoms with Crippen molar-refractivity contribution in [1.29, 1.82) is 0 Å². The standard InChI is InChI=1S/C10H16ClN3O/c1-15-8-4-2-7(3-5-8)14-6-9(11)10(12)13-14/h6-8H,2-5H2,1H3,(H2,12,13). The number of hydrogen-bond donors (Lipinski definition) is 1. The van der Waals surface area contributed by atoms with Crippen LogP contribution in [-0.4, -0.2) is 23.0 Å².